The number of amides is 1. The molecule has 0 bridgehead atoms. The highest BCUT2D eigenvalue weighted by Gasteiger charge is 2.40. The van der Waals surface area contributed by atoms with E-state index in [2.05, 4.69) is 0 Å². The number of benzene rings is 1. The van der Waals surface area contributed by atoms with E-state index in [1.165, 1.54) is 0 Å². The number of esters is 1. The smallest absolute Gasteiger partial charge is 0.332 e. The summed E-state index contributed by atoms with van der Waals surface area (Å²) < 4.78 is 10.6. The Hall–Kier alpha value is -3.64. The molecule has 36 heavy (non-hydrogen) atoms. The first-order chi connectivity index (χ1) is 17.4. The number of piperidine rings is 1. The number of nitriles is 1. The van der Waals surface area contributed by atoms with Crippen molar-refractivity contribution in [2.75, 3.05) is 32.8 Å². The Morgan fingerprint density at radius 2 is 1.94 bits per heavy atom. The number of ketones is 1. The zero-order chi connectivity index (χ0) is 25.7. The molecule has 0 radical (unpaired) electrons. The zero-order valence-electron chi connectivity index (χ0n) is 20.3. The van der Waals surface area contributed by atoms with Crippen molar-refractivity contribution in [3.8, 4) is 11.8 Å². The molecule has 1 N–H and O–H groups in total. The van der Waals surface area contributed by atoms with Gasteiger partial charge in [-0.2, -0.15) is 5.26 Å². The van der Waals surface area contributed by atoms with Crippen LogP contribution in [0.3, 0.4) is 0 Å². The van der Waals surface area contributed by atoms with Crippen LogP contribution in [0.4, 0.5) is 0 Å². The van der Waals surface area contributed by atoms with Gasteiger partial charge in [0.25, 0.3) is 0 Å². The number of aromatic hydroxyl groups is 1. The molecule has 0 saturated carbocycles. The van der Waals surface area contributed by atoms with Gasteiger partial charge in [-0.15, -0.1) is 0 Å². The molecule has 9 nitrogen and oxygen atoms in total. The standard InChI is InChI=1S/C27H31N3O6/c1-2-35-25(32)17-36-22-9-11-29(12-10-22)27(34)24(13-18-3-7-21(31)8-4-18)30-15-20-6-5-19(14-28)26(33)23(20)16-30/h3-8,15,19,22-24,31H,2,9-13,16-17H2,1H3. The Bertz CT molecular complexity index is 1080. The van der Waals surface area contributed by atoms with Gasteiger partial charge in [0.05, 0.1) is 24.7 Å². The molecular weight excluding hydrogens is 462 g/mol. The van der Waals surface area contributed by atoms with Gasteiger partial charge in [-0.05, 0) is 43.0 Å². The molecule has 0 aromatic heterocycles. The first-order valence-corrected chi connectivity index (χ1v) is 12.3. The van der Waals surface area contributed by atoms with Gasteiger partial charge < -0.3 is 24.4 Å². The van der Waals surface area contributed by atoms with Crippen molar-refractivity contribution in [2.45, 2.75) is 38.3 Å². The van der Waals surface area contributed by atoms with Crippen molar-refractivity contribution in [1.82, 2.24) is 9.80 Å². The van der Waals surface area contributed by atoms with Crippen LogP contribution in [-0.4, -0.2) is 77.6 Å². The number of fused-ring (bicyclic) bond motifs is 1. The number of carbonyl (C=O) groups excluding carboxylic acids is 3. The second kappa shape index (κ2) is 11.4. The number of likely N-dealkylation sites (tertiary alicyclic amines) is 1. The van der Waals surface area contributed by atoms with E-state index in [-0.39, 0.29) is 30.2 Å². The number of hydrogen-bond donors (Lipinski definition) is 1. The molecule has 1 saturated heterocycles. The fourth-order valence-corrected chi connectivity index (χ4v) is 4.95. The lowest BCUT2D eigenvalue weighted by atomic mass is 9.84. The molecule has 9 heteroatoms. The third-order valence-electron chi connectivity index (χ3n) is 6.93. The maximum absolute atomic E-state index is 13.8. The lowest BCUT2D eigenvalue weighted by Crippen LogP contribution is -2.51. The maximum atomic E-state index is 13.8. The Morgan fingerprint density at radius 1 is 1.22 bits per heavy atom. The van der Waals surface area contributed by atoms with E-state index in [9.17, 15) is 24.8 Å². The summed E-state index contributed by atoms with van der Waals surface area (Å²) in [7, 11) is 0. The minimum Gasteiger partial charge on any atom is -0.508 e. The number of Topliss-reactive ketones (excluding diaryl/α,β-unsaturated/α-hetero) is 1. The van der Waals surface area contributed by atoms with Gasteiger partial charge in [-0.3, -0.25) is 9.59 Å². The van der Waals surface area contributed by atoms with Crippen LogP contribution in [0.1, 0.15) is 25.3 Å². The van der Waals surface area contributed by atoms with Gasteiger partial charge in [0.15, 0.2) is 5.78 Å². The van der Waals surface area contributed by atoms with E-state index in [0.29, 0.717) is 45.5 Å². The second-order valence-corrected chi connectivity index (χ2v) is 9.27. The zero-order valence-corrected chi connectivity index (χ0v) is 20.3. The molecule has 4 rings (SSSR count). The van der Waals surface area contributed by atoms with E-state index in [0.717, 1.165) is 11.1 Å². The number of ether oxygens (including phenoxy) is 2. The SMILES string of the molecule is CCOC(=O)COC1CCN(C(=O)C(Cc2ccc(O)cc2)N2C=C3C=CC(C#N)C(=O)C3C2)CC1. The van der Waals surface area contributed by atoms with Gasteiger partial charge in [0, 0.05) is 32.3 Å². The third-order valence-corrected chi connectivity index (χ3v) is 6.93. The molecule has 1 aromatic rings. The third kappa shape index (κ3) is 5.77. The van der Waals surface area contributed by atoms with Crippen molar-refractivity contribution >= 4 is 17.7 Å². The topological polar surface area (TPSA) is 120 Å². The lowest BCUT2D eigenvalue weighted by Gasteiger charge is -2.37. The van der Waals surface area contributed by atoms with Crippen molar-refractivity contribution in [3.63, 3.8) is 0 Å². The Labute approximate surface area is 210 Å². The van der Waals surface area contributed by atoms with Crippen LogP contribution >= 0.6 is 0 Å². The van der Waals surface area contributed by atoms with Gasteiger partial charge >= 0.3 is 5.97 Å². The maximum Gasteiger partial charge on any atom is 0.332 e. The first kappa shape index (κ1) is 25.5. The van der Waals surface area contributed by atoms with Crippen molar-refractivity contribution < 1.29 is 29.0 Å². The number of nitrogens with zero attached hydrogens (tertiary/aromatic N) is 3. The van der Waals surface area contributed by atoms with Crippen LogP contribution in [0.15, 0.2) is 48.2 Å². The quantitative estimate of drug-likeness (QED) is 0.546. The molecule has 3 aliphatic rings. The van der Waals surface area contributed by atoms with E-state index in [1.807, 2.05) is 28.1 Å². The number of allylic oxidation sites excluding steroid dienone is 2. The highest BCUT2D eigenvalue weighted by Crippen LogP contribution is 2.33. The van der Waals surface area contributed by atoms with E-state index >= 15 is 0 Å². The van der Waals surface area contributed by atoms with Crippen molar-refractivity contribution in [1.29, 1.82) is 5.26 Å². The average Bonchev–Trinajstić information content (AvgIpc) is 3.32. The molecule has 1 aromatic carbocycles. The van der Waals surface area contributed by atoms with Gasteiger partial charge in [-0.25, -0.2) is 4.79 Å². The molecule has 3 unspecified atom stereocenters. The van der Waals surface area contributed by atoms with Crippen molar-refractivity contribution in [3.05, 3.63) is 53.8 Å². The normalized spacial score (nSPS) is 22.6. The fourth-order valence-electron chi connectivity index (χ4n) is 4.95. The summed E-state index contributed by atoms with van der Waals surface area (Å²) in [5.74, 6) is -1.60. The van der Waals surface area contributed by atoms with E-state index in [4.69, 9.17) is 9.47 Å². The molecule has 2 heterocycles. The largest absolute Gasteiger partial charge is 0.508 e. The Morgan fingerprint density at radius 3 is 2.61 bits per heavy atom. The molecule has 2 aliphatic heterocycles. The highest BCUT2D eigenvalue weighted by atomic mass is 16.6. The number of phenolic OH excluding ortho intramolecular Hbond substituents is 1. The number of rotatable bonds is 8. The molecule has 1 fully saturated rings. The van der Waals surface area contributed by atoms with Crippen LogP contribution in [0.2, 0.25) is 0 Å². The summed E-state index contributed by atoms with van der Waals surface area (Å²) in [5.41, 5.74) is 1.71. The predicted octanol–water partition coefficient (Wildman–Crippen LogP) is 1.97. The first-order valence-electron chi connectivity index (χ1n) is 12.3. The van der Waals surface area contributed by atoms with Gasteiger partial charge in [0.1, 0.15) is 24.3 Å². The predicted molar refractivity (Wildman–Crippen MR) is 129 cm³/mol. The fraction of sp³-hybridized carbons (Fsp3) is 0.481. The van der Waals surface area contributed by atoms with Crippen LogP contribution < -0.4 is 0 Å². The minimum absolute atomic E-state index is 0.0457. The summed E-state index contributed by atoms with van der Waals surface area (Å²) >= 11 is 0. The number of phenols is 1. The molecule has 190 valence electrons. The second-order valence-electron chi connectivity index (χ2n) is 9.27. The van der Waals surface area contributed by atoms with E-state index in [1.54, 1.807) is 37.3 Å². The average molecular weight is 494 g/mol. The Balaban J connectivity index is 1.45. The van der Waals surface area contributed by atoms with Crippen LogP contribution in [0, 0.1) is 23.2 Å². The summed E-state index contributed by atoms with van der Waals surface area (Å²) in [6.45, 7) is 3.32. The Kier molecular flexibility index (Phi) is 8.06. The minimum atomic E-state index is -0.757. The number of carbonyl (C=O) groups is 3. The van der Waals surface area contributed by atoms with Crippen molar-refractivity contribution in [2.24, 2.45) is 11.8 Å². The molecular formula is C27H31N3O6. The van der Waals surface area contributed by atoms with Crippen LogP contribution in [-0.2, 0) is 30.3 Å². The number of hydrogen-bond acceptors (Lipinski definition) is 8. The summed E-state index contributed by atoms with van der Waals surface area (Å²) in [6.07, 6.45) is 6.83. The molecule has 1 amide bonds. The van der Waals surface area contributed by atoms with Crippen LogP contribution in [0.5, 0.6) is 5.75 Å². The summed E-state index contributed by atoms with van der Waals surface area (Å²) in [6, 6.07) is 8.27. The molecule has 3 atom stereocenters. The summed E-state index contributed by atoms with van der Waals surface area (Å²) in [5, 5.41) is 18.9. The highest BCUT2D eigenvalue weighted by molar-refractivity contribution is 5.92. The van der Waals surface area contributed by atoms with Crippen LogP contribution in [0.25, 0.3) is 0 Å². The van der Waals surface area contributed by atoms with Gasteiger partial charge in [0.2, 0.25) is 5.91 Å². The molecule has 1 aliphatic carbocycles. The monoisotopic (exact) mass is 493 g/mol. The van der Waals surface area contributed by atoms with Gasteiger partial charge in [-0.1, -0.05) is 24.3 Å². The lowest BCUT2D eigenvalue weighted by molar-refractivity contribution is -0.152. The molecule has 0 spiro atoms. The summed E-state index contributed by atoms with van der Waals surface area (Å²) in [4.78, 5) is 41.8. The van der Waals surface area contributed by atoms with E-state index < -0.39 is 23.8 Å².